The third-order valence-corrected chi connectivity index (χ3v) is 12.2. The molecule has 4 aliphatic carbocycles. The number of alkyl halides is 3. The number of carbonyl (C=O) groups excluding carboxylic acids is 3. The number of rotatable bonds is 4. The Hall–Kier alpha value is -1.43. The van der Waals surface area contributed by atoms with E-state index in [0.29, 0.717) is 16.2 Å². The van der Waals surface area contributed by atoms with Crippen molar-refractivity contribution in [2.75, 3.05) is 6.01 Å². The van der Waals surface area contributed by atoms with Crippen molar-refractivity contribution in [3.63, 3.8) is 0 Å². The molecule has 1 aromatic rings. The largest absolute Gasteiger partial charge is 0.445 e. The van der Waals surface area contributed by atoms with Crippen LogP contribution in [-0.4, -0.2) is 51.5 Å². The van der Waals surface area contributed by atoms with E-state index in [4.69, 9.17) is 4.74 Å². The summed E-state index contributed by atoms with van der Waals surface area (Å²) in [5.74, 6) is -3.60. The van der Waals surface area contributed by atoms with E-state index >= 15 is 8.78 Å². The number of ether oxygens (including phenoxy) is 1. The summed E-state index contributed by atoms with van der Waals surface area (Å²) in [7, 11) is 0. The molecular formula is C27H28BrF3O5S2. The molecule has 0 aliphatic heterocycles. The lowest BCUT2D eigenvalue weighted by Gasteiger charge is -2.63. The van der Waals surface area contributed by atoms with Gasteiger partial charge in [0.05, 0.1) is 6.10 Å². The molecule has 0 saturated heterocycles. The predicted molar refractivity (Wildman–Crippen MR) is 142 cm³/mol. The molecule has 1 heterocycles. The van der Waals surface area contributed by atoms with E-state index in [9.17, 15) is 23.9 Å². The van der Waals surface area contributed by atoms with Crippen molar-refractivity contribution in [1.29, 1.82) is 0 Å². The number of hydrogen-bond donors (Lipinski definition) is 1. The molecule has 38 heavy (non-hydrogen) atoms. The van der Waals surface area contributed by atoms with Crippen molar-refractivity contribution in [3.05, 3.63) is 44.6 Å². The van der Waals surface area contributed by atoms with Gasteiger partial charge in [0.25, 0.3) is 0 Å². The number of allylic oxidation sites excluding steroid dienone is 4. The van der Waals surface area contributed by atoms with Crippen LogP contribution in [-0.2, 0) is 14.3 Å². The molecule has 0 spiro atoms. The Morgan fingerprint density at radius 3 is 2.63 bits per heavy atom. The van der Waals surface area contributed by atoms with E-state index in [1.54, 1.807) is 25.3 Å². The number of thiophene rings is 1. The van der Waals surface area contributed by atoms with E-state index in [-0.39, 0.29) is 29.7 Å². The van der Waals surface area contributed by atoms with Crippen LogP contribution in [0.3, 0.4) is 0 Å². The lowest BCUT2D eigenvalue weighted by Crippen LogP contribution is -2.70. The highest BCUT2D eigenvalue weighted by Crippen LogP contribution is 2.72. The second kappa shape index (κ2) is 9.31. The molecule has 9 atom stereocenters. The van der Waals surface area contributed by atoms with Gasteiger partial charge in [0, 0.05) is 27.1 Å². The van der Waals surface area contributed by atoms with E-state index in [1.807, 2.05) is 0 Å². The predicted octanol–water partition coefficient (Wildman–Crippen LogP) is 6.16. The topological polar surface area (TPSA) is 80.7 Å². The van der Waals surface area contributed by atoms with Gasteiger partial charge in [-0.25, -0.2) is 18.0 Å². The van der Waals surface area contributed by atoms with Gasteiger partial charge in [-0.3, -0.25) is 9.59 Å². The Morgan fingerprint density at radius 2 is 2.00 bits per heavy atom. The Kier molecular flexibility index (Phi) is 6.89. The van der Waals surface area contributed by atoms with Gasteiger partial charge in [-0.05, 0) is 89.0 Å². The molecule has 0 radical (unpaired) electrons. The number of hydrogen-bond acceptors (Lipinski definition) is 7. The fourth-order valence-corrected chi connectivity index (χ4v) is 10.2. The van der Waals surface area contributed by atoms with E-state index < -0.39 is 75.0 Å². The molecule has 1 aromatic heterocycles. The summed E-state index contributed by atoms with van der Waals surface area (Å²) < 4.78 is 53.2. The van der Waals surface area contributed by atoms with Gasteiger partial charge in [0.2, 0.25) is 5.12 Å². The molecule has 0 bridgehead atoms. The average molecular weight is 634 g/mol. The number of thioether (sulfide) groups is 1. The number of esters is 1. The van der Waals surface area contributed by atoms with Gasteiger partial charge in [-0.2, -0.15) is 0 Å². The standard InChI is InChI=1S/C27H28BrF3O5S2/c1-13-8-15-16-10-19(30)17-9-14(32)4-6-24(17,2)26(16,31)20(33)11-25(15,3)27(13,23(35)38-12-29)36-22(34)21-18(28)5-7-37-21/h4-7,9,13,15-16,19-20,33H,8,10-12H2,1-3H3/t13-,15+,16+,19+,20+,24+,25+,26?,27+/m1/s1. The fraction of sp³-hybridized carbons (Fsp3) is 0.593. The molecule has 5 rings (SSSR count). The summed E-state index contributed by atoms with van der Waals surface area (Å²) in [5, 5.41) is 12.5. The number of aliphatic hydroxyl groups excluding tert-OH is 1. The minimum atomic E-state index is -2.34. The molecular weight excluding hydrogens is 605 g/mol. The first-order chi connectivity index (χ1) is 17.8. The lowest BCUT2D eigenvalue weighted by molar-refractivity contribution is -0.221. The van der Waals surface area contributed by atoms with Gasteiger partial charge in [-0.15, -0.1) is 11.3 Å². The van der Waals surface area contributed by atoms with Crippen LogP contribution in [0, 0.1) is 28.6 Å². The van der Waals surface area contributed by atoms with Gasteiger partial charge >= 0.3 is 5.97 Å². The van der Waals surface area contributed by atoms with Crippen molar-refractivity contribution >= 4 is 55.9 Å². The van der Waals surface area contributed by atoms with Gasteiger partial charge in [0.15, 0.2) is 17.1 Å². The number of halogens is 4. The third-order valence-electron chi connectivity index (χ3n) is 9.71. The number of carbonyl (C=O) groups is 3. The molecule has 0 aromatic carbocycles. The van der Waals surface area contributed by atoms with Crippen LogP contribution in [0.2, 0.25) is 0 Å². The van der Waals surface area contributed by atoms with Crippen LogP contribution in [0.4, 0.5) is 13.2 Å². The molecule has 11 heteroatoms. The Bertz CT molecular complexity index is 1270. The summed E-state index contributed by atoms with van der Waals surface area (Å²) >= 11 is 4.79. The quantitative estimate of drug-likeness (QED) is 0.401. The van der Waals surface area contributed by atoms with Crippen molar-refractivity contribution < 1.29 is 37.4 Å². The van der Waals surface area contributed by atoms with Crippen molar-refractivity contribution in [2.45, 2.75) is 63.6 Å². The molecule has 5 nitrogen and oxygen atoms in total. The molecule has 4 aliphatic rings. The Morgan fingerprint density at radius 1 is 1.29 bits per heavy atom. The summed E-state index contributed by atoms with van der Waals surface area (Å²) in [6, 6.07) is 0.610. The van der Waals surface area contributed by atoms with E-state index in [1.165, 1.54) is 19.1 Å². The monoisotopic (exact) mass is 632 g/mol. The first-order valence-electron chi connectivity index (χ1n) is 12.4. The summed E-state index contributed by atoms with van der Waals surface area (Å²) in [6.45, 7) is 4.86. The molecule has 0 amide bonds. The maximum atomic E-state index is 17.4. The van der Waals surface area contributed by atoms with Gasteiger partial charge < -0.3 is 9.84 Å². The van der Waals surface area contributed by atoms with Gasteiger partial charge in [-0.1, -0.05) is 19.9 Å². The fourth-order valence-electron chi connectivity index (χ4n) is 8.01. The Labute approximate surface area is 235 Å². The first kappa shape index (κ1) is 28.1. The Balaban J connectivity index is 1.64. The molecule has 206 valence electrons. The zero-order chi connectivity index (χ0) is 27.8. The molecule has 1 unspecified atom stereocenters. The minimum Gasteiger partial charge on any atom is -0.445 e. The second-order valence-electron chi connectivity index (χ2n) is 11.3. The van der Waals surface area contributed by atoms with Crippen LogP contribution in [0.5, 0.6) is 0 Å². The smallest absolute Gasteiger partial charge is 0.350 e. The summed E-state index contributed by atoms with van der Waals surface area (Å²) in [4.78, 5) is 39.3. The highest BCUT2D eigenvalue weighted by atomic mass is 79.9. The van der Waals surface area contributed by atoms with Crippen LogP contribution < -0.4 is 0 Å². The summed E-state index contributed by atoms with van der Waals surface area (Å²) in [6.07, 6.45) is -0.00448. The van der Waals surface area contributed by atoms with E-state index in [0.717, 1.165) is 17.4 Å². The van der Waals surface area contributed by atoms with Gasteiger partial charge in [0.1, 0.15) is 17.1 Å². The molecule has 1 N–H and O–H groups in total. The van der Waals surface area contributed by atoms with Crippen molar-refractivity contribution in [2.24, 2.45) is 28.6 Å². The first-order valence-corrected chi connectivity index (χ1v) is 15.1. The number of aliphatic hydroxyl groups is 1. The van der Waals surface area contributed by atoms with Crippen LogP contribution in [0.15, 0.2) is 39.7 Å². The van der Waals surface area contributed by atoms with E-state index in [2.05, 4.69) is 15.9 Å². The SMILES string of the molecule is C[C@@H]1C[C@H]2[C@@H]3C[C@H](F)C4=CC(=O)C=C[C@]4(C)C3(F)[C@@H](O)C[C@]2(C)[C@@]1(OC(=O)c1sccc1Br)C(=O)SCF. The number of fused-ring (bicyclic) bond motifs is 5. The summed E-state index contributed by atoms with van der Waals surface area (Å²) in [5.41, 5.74) is -7.10. The van der Waals surface area contributed by atoms with Crippen LogP contribution >= 0.6 is 39.0 Å². The lowest BCUT2D eigenvalue weighted by atomic mass is 9.44. The highest BCUT2D eigenvalue weighted by molar-refractivity contribution is 9.10. The van der Waals surface area contributed by atoms with Crippen LogP contribution in [0.1, 0.15) is 49.7 Å². The van der Waals surface area contributed by atoms with Crippen molar-refractivity contribution in [3.8, 4) is 0 Å². The molecule has 3 fully saturated rings. The maximum Gasteiger partial charge on any atom is 0.350 e. The average Bonchev–Trinajstić information content (AvgIpc) is 3.37. The second-order valence-corrected chi connectivity index (χ2v) is 13.9. The zero-order valence-corrected chi connectivity index (χ0v) is 24.2. The maximum absolute atomic E-state index is 17.4. The minimum absolute atomic E-state index is 0.00162. The molecule has 3 saturated carbocycles. The van der Waals surface area contributed by atoms with Crippen molar-refractivity contribution in [1.82, 2.24) is 0 Å². The normalized spacial score (nSPS) is 43.6. The zero-order valence-electron chi connectivity index (χ0n) is 21.0. The number of ketones is 1. The third kappa shape index (κ3) is 3.50. The van der Waals surface area contributed by atoms with Crippen LogP contribution in [0.25, 0.3) is 0 Å². The highest BCUT2D eigenvalue weighted by Gasteiger charge is 2.78.